The van der Waals surface area contributed by atoms with Crippen LogP contribution in [0.4, 0.5) is 0 Å². The van der Waals surface area contributed by atoms with Crippen molar-refractivity contribution in [1.82, 2.24) is 0 Å². The van der Waals surface area contributed by atoms with Gasteiger partial charge < -0.3 is 0 Å². The number of hydrogen-bond acceptors (Lipinski definition) is 0. The summed E-state index contributed by atoms with van der Waals surface area (Å²) in [7, 11) is 0. The van der Waals surface area contributed by atoms with Crippen molar-refractivity contribution in [2.75, 3.05) is 0 Å². The third-order valence-corrected chi connectivity index (χ3v) is 20.6. The fraction of sp³-hybridized carbons (Fsp3) is 1.00. The first-order valence-electron chi connectivity index (χ1n) is 15.9. The van der Waals surface area contributed by atoms with Gasteiger partial charge in [0, 0.05) is 0 Å². The Hall–Kier alpha value is 0. The van der Waals surface area contributed by atoms with Gasteiger partial charge in [-0.1, -0.05) is 69.2 Å². The minimum absolute atomic E-state index is 0.548. The van der Waals surface area contributed by atoms with Crippen LogP contribution in [0, 0.1) is 114 Å². The van der Waals surface area contributed by atoms with Crippen molar-refractivity contribution in [3.8, 4) is 0 Å². The molecule has 20 atom stereocenters. The summed E-state index contributed by atoms with van der Waals surface area (Å²) in [6.07, 6.45) is 6.24. The van der Waals surface area contributed by atoms with Gasteiger partial charge >= 0.3 is 0 Å². The third-order valence-electron chi connectivity index (χ3n) is 20.6. The number of hydrogen-bond donors (Lipinski definition) is 0. The molecule has 0 aliphatic heterocycles. The lowest BCUT2D eigenvalue weighted by Crippen LogP contribution is -2.78. The van der Waals surface area contributed by atoms with Crippen molar-refractivity contribution in [3.05, 3.63) is 0 Å². The first kappa shape index (κ1) is 20.0. The summed E-state index contributed by atoms with van der Waals surface area (Å²) in [4.78, 5) is 0. The molecule has 0 nitrogen and oxygen atoms in total. The first-order valence-corrected chi connectivity index (χ1v) is 15.9. The highest BCUT2D eigenvalue weighted by Gasteiger charge is 3.12. The molecule has 10 rings (SSSR count). The van der Waals surface area contributed by atoms with E-state index >= 15 is 0 Å². The number of fused-ring (bicyclic) bond motifs is 2. The lowest BCUT2D eigenvalue weighted by molar-refractivity contribution is -0.356. The Morgan fingerprint density at radius 2 is 1.32 bits per heavy atom. The van der Waals surface area contributed by atoms with Crippen molar-refractivity contribution < 1.29 is 0 Å². The molecule has 10 saturated carbocycles. The fourth-order valence-electron chi connectivity index (χ4n) is 21.2. The summed E-state index contributed by atoms with van der Waals surface area (Å²) >= 11 is 0. The molecule has 0 heteroatoms. The Kier molecular flexibility index (Phi) is 2.57. The summed E-state index contributed by atoms with van der Waals surface area (Å²) < 4.78 is 0. The van der Waals surface area contributed by atoms with Gasteiger partial charge in [-0.3, -0.25) is 0 Å². The van der Waals surface area contributed by atoms with Crippen LogP contribution < -0.4 is 0 Å². The maximum atomic E-state index is 3.02. The van der Waals surface area contributed by atoms with Crippen LogP contribution in [0.25, 0.3) is 0 Å². The van der Waals surface area contributed by atoms with Crippen LogP contribution in [0.3, 0.4) is 0 Å². The molecule has 0 radical (unpaired) electrons. The van der Waals surface area contributed by atoms with Gasteiger partial charge in [0.1, 0.15) is 0 Å². The Bertz CT molecular complexity index is 1140. The van der Waals surface area contributed by atoms with Gasteiger partial charge in [0.25, 0.3) is 0 Å². The molecule has 0 N–H and O–H groups in total. The lowest BCUT2D eigenvalue weighted by atomic mass is 9.22. The van der Waals surface area contributed by atoms with E-state index in [1.54, 1.807) is 19.3 Å². The first-order chi connectivity index (χ1) is 15.9. The summed E-state index contributed by atoms with van der Waals surface area (Å²) in [6, 6.07) is 0. The Morgan fingerprint density at radius 1 is 0.647 bits per heavy atom. The molecule has 0 heterocycles. The number of rotatable bonds is 1. The molecular weight excluding hydrogens is 408 g/mol. The van der Waals surface area contributed by atoms with Crippen LogP contribution in [0.2, 0.25) is 0 Å². The molecule has 0 saturated heterocycles. The third kappa shape index (κ3) is 0.971. The maximum absolute atomic E-state index is 3.02. The van der Waals surface area contributed by atoms with Crippen LogP contribution in [0.5, 0.6) is 0 Å². The zero-order valence-corrected chi connectivity index (χ0v) is 23.8. The molecular formula is C34H50. The van der Waals surface area contributed by atoms with Crippen molar-refractivity contribution in [2.45, 2.75) is 94.9 Å². The largest absolute Gasteiger partial charge is 0.0648 e. The van der Waals surface area contributed by atoms with E-state index in [-0.39, 0.29) is 0 Å². The topological polar surface area (TPSA) is 0 Å². The van der Waals surface area contributed by atoms with E-state index in [0.717, 1.165) is 71.0 Å². The van der Waals surface area contributed by atoms with Gasteiger partial charge in [-0.15, -0.1) is 0 Å². The van der Waals surface area contributed by atoms with Gasteiger partial charge in [-0.2, -0.15) is 0 Å². The second kappa shape index (κ2) is 4.36. The molecule has 0 aromatic carbocycles. The standard InChI is InChI=1S/C34H50/c1-11-27(6)21-13-19-14-22-25-26-24-17(4)32-15(2)12-20(32)16(3)23(21)34(31(25,27)10)30(32,9)18(5)28(24,7)33(26,34)29(19,22)8/h15-26H,11-14H2,1-10H3. The molecule has 20 unspecified atom stereocenters. The molecule has 3 spiro atoms. The molecule has 6 bridgehead atoms. The smallest absolute Gasteiger partial charge is 0.00694 e. The summed E-state index contributed by atoms with van der Waals surface area (Å²) in [5, 5.41) is 0. The van der Waals surface area contributed by atoms with Crippen LogP contribution in [-0.4, -0.2) is 0 Å². The summed E-state index contributed by atoms with van der Waals surface area (Å²) in [6.45, 7) is 28.8. The van der Waals surface area contributed by atoms with Crippen molar-refractivity contribution >= 4 is 0 Å². The van der Waals surface area contributed by atoms with E-state index < -0.39 is 0 Å². The van der Waals surface area contributed by atoms with Gasteiger partial charge in [0.15, 0.2) is 0 Å². The van der Waals surface area contributed by atoms with E-state index in [4.69, 9.17) is 0 Å². The van der Waals surface area contributed by atoms with Gasteiger partial charge in [0.05, 0.1) is 0 Å². The van der Waals surface area contributed by atoms with Crippen molar-refractivity contribution in [1.29, 1.82) is 0 Å². The zero-order chi connectivity index (χ0) is 23.8. The van der Waals surface area contributed by atoms with E-state index in [2.05, 4.69) is 69.2 Å². The molecule has 0 aromatic rings. The van der Waals surface area contributed by atoms with Gasteiger partial charge in [-0.25, -0.2) is 0 Å². The highest BCUT2D eigenvalue weighted by Crippen LogP contribution is 3.15. The normalized spacial score (nSPS) is 86.6. The monoisotopic (exact) mass is 458 g/mol. The second-order valence-electron chi connectivity index (χ2n) is 17.9. The van der Waals surface area contributed by atoms with Crippen LogP contribution >= 0.6 is 0 Å². The van der Waals surface area contributed by atoms with E-state index in [0.29, 0.717) is 43.3 Å². The van der Waals surface area contributed by atoms with Crippen LogP contribution in [-0.2, 0) is 0 Å². The van der Waals surface area contributed by atoms with Gasteiger partial charge in [0.2, 0.25) is 0 Å². The maximum Gasteiger partial charge on any atom is -0.00694 e. The Balaban J connectivity index is 1.48. The molecule has 10 aliphatic carbocycles. The minimum atomic E-state index is 0.548. The van der Waals surface area contributed by atoms with E-state index in [1.165, 1.54) is 6.42 Å². The highest BCUT2D eigenvalue weighted by atomic mass is 15.2. The highest BCUT2D eigenvalue weighted by molar-refractivity contribution is 5.58. The molecule has 186 valence electrons. The average Bonchev–Trinajstić information content (AvgIpc) is 3.16. The molecule has 0 aromatic heterocycles. The van der Waals surface area contributed by atoms with E-state index in [9.17, 15) is 0 Å². The predicted molar refractivity (Wildman–Crippen MR) is 137 cm³/mol. The van der Waals surface area contributed by atoms with Crippen molar-refractivity contribution in [3.63, 3.8) is 0 Å². The minimum Gasteiger partial charge on any atom is -0.0648 e. The molecule has 0 amide bonds. The van der Waals surface area contributed by atoms with E-state index in [1.807, 2.05) is 0 Å². The SMILES string of the molecule is CCC1(C)C2CC3CC4C5C6C7C(C)C89C(C)CC8C(C)C2C2(C51C)C9(C)C(C)C7(C)C62C34C. The molecule has 34 heavy (non-hydrogen) atoms. The summed E-state index contributed by atoms with van der Waals surface area (Å²) in [5.74, 6) is 12.1. The summed E-state index contributed by atoms with van der Waals surface area (Å²) in [5.41, 5.74) is 4.86. The quantitative estimate of drug-likeness (QED) is 0.372. The average molecular weight is 459 g/mol. The lowest BCUT2D eigenvalue weighted by Gasteiger charge is -2.82. The molecule has 10 aliphatic rings. The molecule has 10 fully saturated rings. The van der Waals surface area contributed by atoms with Crippen molar-refractivity contribution in [2.24, 2.45) is 114 Å². The fourth-order valence-corrected chi connectivity index (χ4v) is 21.2. The predicted octanol–water partition coefficient (Wildman–Crippen LogP) is 8.17. The Morgan fingerprint density at radius 3 is 1.97 bits per heavy atom. The second-order valence-corrected chi connectivity index (χ2v) is 17.9. The van der Waals surface area contributed by atoms with Crippen LogP contribution in [0.1, 0.15) is 94.9 Å². The Labute approximate surface area is 209 Å². The van der Waals surface area contributed by atoms with Gasteiger partial charge in [-0.05, 0) is 140 Å². The zero-order valence-electron chi connectivity index (χ0n) is 23.8. The van der Waals surface area contributed by atoms with Crippen LogP contribution in [0.15, 0.2) is 0 Å².